The molecule has 8 saturated carbocycles. The second-order valence-corrected chi connectivity index (χ2v) is 17.0. The molecule has 0 aliphatic heterocycles. The zero-order valence-corrected chi connectivity index (χ0v) is 26.3. The Kier molecular flexibility index (Phi) is 7.04. The summed E-state index contributed by atoms with van der Waals surface area (Å²) in [5, 5.41) is 10.6. The molecule has 8 rings (SSSR count). The monoisotopic (exact) mass is 556 g/mol. The van der Waals surface area contributed by atoms with E-state index in [1.165, 1.54) is 32.1 Å². The molecule has 0 aromatic rings. The van der Waals surface area contributed by atoms with Gasteiger partial charge in [-0.15, -0.1) is 0 Å². The topological polar surface area (TPSA) is 72.8 Å². The van der Waals surface area contributed by atoms with E-state index in [-0.39, 0.29) is 29.1 Å². The molecule has 8 fully saturated rings. The first-order valence-corrected chi connectivity index (χ1v) is 16.9. The third-order valence-electron chi connectivity index (χ3n) is 13.6. The van der Waals surface area contributed by atoms with Crippen molar-refractivity contribution in [3.05, 3.63) is 0 Å². The Labute approximate surface area is 242 Å². The number of hydrogen-bond acceptors (Lipinski definition) is 5. The van der Waals surface area contributed by atoms with Crippen molar-refractivity contribution in [2.24, 2.45) is 64.1 Å². The lowest BCUT2D eigenvalue weighted by Gasteiger charge is -2.59. The minimum absolute atomic E-state index is 0.0362. The highest BCUT2D eigenvalue weighted by molar-refractivity contribution is 5.76. The summed E-state index contributed by atoms with van der Waals surface area (Å²) >= 11 is 0. The van der Waals surface area contributed by atoms with Crippen LogP contribution in [0.4, 0.5) is 0 Å². The molecule has 226 valence electrons. The largest absolute Gasteiger partial charge is 0.461 e. The van der Waals surface area contributed by atoms with Crippen LogP contribution in [0.3, 0.4) is 0 Å². The number of esters is 2. The van der Waals surface area contributed by atoms with E-state index in [2.05, 4.69) is 13.8 Å². The normalized spacial score (nSPS) is 47.6. The molecule has 0 amide bonds. The van der Waals surface area contributed by atoms with Crippen LogP contribution in [0.25, 0.3) is 0 Å². The van der Waals surface area contributed by atoms with Crippen LogP contribution in [0.1, 0.15) is 126 Å². The highest BCUT2D eigenvalue weighted by Crippen LogP contribution is 2.69. The fourth-order valence-corrected chi connectivity index (χ4v) is 11.2. The van der Waals surface area contributed by atoms with Gasteiger partial charge in [-0.25, -0.2) is 0 Å². The van der Waals surface area contributed by atoms with Gasteiger partial charge in [0.2, 0.25) is 0 Å². The Morgan fingerprint density at radius 1 is 0.800 bits per heavy atom. The van der Waals surface area contributed by atoms with E-state index in [0.29, 0.717) is 30.1 Å². The molecule has 0 aromatic carbocycles. The van der Waals surface area contributed by atoms with E-state index >= 15 is 0 Å². The minimum Gasteiger partial charge on any atom is -0.461 e. The summed E-state index contributed by atoms with van der Waals surface area (Å²) in [7, 11) is 0. The highest BCUT2D eigenvalue weighted by atomic mass is 16.6. The first-order valence-electron chi connectivity index (χ1n) is 16.9. The maximum absolute atomic E-state index is 12.5. The van der Waals surface area contributed by atoms with Crippen LogP contribution >= 0.6 is 0 Å². The van der Waals surface area contributed by atoms with E-state index in [1.54, 1.807) is 0 Å². The van der Waals surface area contributed by atoms with Crippen molar-refractivity contribution in [1.82, 2.24) is 0 Å². The molecular formula is C35H56O5. The molecule has 8 aliphatic carbocycles. The van der Waals surface area contributed by atoms with Crippen molar-refractivity contribution in [3.63, 3.8) is 0 Å². The maximum Gasteiger partial charge on any atom is 0.312 e. The number of aliphatic hydroxyl groups is 1. The number of fused-ring (bicyclic) bond motifs is 9. The first-order chi connectivity index (χ1) is 18.7. The SMILES string of the molecule is CCC(C)(C)C(=O)OC12CC3CC(CC(O)(C3)C1)C2.CCC(C)(C)C(=O)OC1C(C)C2CC1C1C3CCC(C3)C21. The number of ether oxygens (including phenoxy) is 2. The van der Waals surface area contributed by atoms with Crippen LogP contribution in [0.2, 0.25) is 0 Å². The molecule has 0 heterocycles. The quantitative estimate of drug-likeness (QED) is 0.274. The summed E-state index contributed by atoms with van der Waals surface area (Å²) in [6.45, 7) is 14.4. The van der Waals surface area contributed by atoms with E-state index in [9.17, 15) is 14.7 Å². The average Bonchev–Trinajstić information content (AvgIpc) is 3.63. The van der Waals surface area contributed by atoms with Gasteiger partial charge in [-0.05, 0) is 152 Å². The van der Waals surface area contributed by atoms with Crippen LogP contribution in [-0.2, 0) is 19.1 Å². The van der Waals surface area contributed by atoms with Gasteiger partial charge in [0.05, 0.1) is 16.4 Å². The summed E-state index contributed by atoms with van der Waals surface area (Å²) in [5.74, 6) is 7.05. The summed E-state index contributed by atoms with van der Waals surface area (Å²) in [6.07, 6.45) is 13.3. The van der Waals surface area contributed by atoms with Crippen LogP contribution in [0, 0.1) is 64.1 Å². The van der Waals surface area contributed by atoms with E-state index in [4.69, 9.17) is 9.47 Å². The van der Waals surface area contributed by atoms with Gasteiger partial charge in [-0.2, -0.15) is 0 Å². The molecular weight excluding hydrogens is 500 g/mol. The average molecular weight is 557 g/mol. The van der Waals surface area contributed by atoms with Crippen LogP contribution in [0.5, 0.6) is 0 Å². The summed E-state index contributed by atoms with van der Waals surface area (Å²) in [4.78, 5) is 24.9. The summed E-state index contributed by atoms with van der Waals surface area (Å²) in [6, 6.07) is 0. The molecule has 10 atom stereocenters. The number of carbonyl (C=O) groups excluding carboxylic acids is 2. The molecule has 0 saturated heterocycles. The van der Waals surface area contributed by atoms with Crippen LogP contribution in [0.15, 0.2) is 0 Å². The van der Waals surface area contributed by atoms with Crippen molar-refractivity contribution >= 4 is 11.9 Å². The van der Waals surface area contributed by atoms with Gasteiger partial charge in [-0.3, -0.25) is 9.59 Å². The van der Waals surface area contributed by atoms with Crippen LogP contribution in [-0.4, -0.2) is 34.4 Å². The lowest BCUT2D eigenvalue weighted by Crippen LogP contribution is -2.61. The van der Waals surface area contributed by atoms with Gasteiger partial charge in [0.25, 0.3) is 0 Å². The smallest absolute Gasteiger partial charge is 0.312 e. The molecule has 0 radical (unpaired) electrons. The van der Waals surface area contributed by atoms with Crippen molar-refractivity contribution in [1.29, 1.82) is 0 Å². The van der Waals surface area contributed by atoms with Crippen molar-refractivity contribution in [3.8, 4) is 0 Å². The Hall–Kier alpha value is -1.10. The zero-order valence-electron chi connectivity index (χ0n) is 26.3. The second kappa shape index (κ2) is 9.71. The molecule has 10 unspecified atom stereocenters. The third-order valence-corrected chi connectivity index (χ3v) is 13.6. The number of hydrogen-bond donors (Lipinski definition) is 1. The van der Waals surface area contributed by atoms with Crippen molar-refractivity contribution < 1.29 is 24.2 Å². The van der Waals surface area contributed by atoms with Gasteiger partial charge in [0.1, 0.15) is 11.7 Å². The standard InChI is InChI=1S/C19H30O2.C16H26O3/c1-5-19(3,4)18(20)21-17-10(2)13-9-14(17)16-12-7-6-11(8-12)15(13)16;1-4-14(2,3)13(17)19-16-8-11-5-12(9-16)7-15(18,6-11)10-16/h10-17H,5-9H2,1-4H3;11-12,18H,4-10H2,1-3H3. The fourth-order valence-electron chi connectivity index (χ4n) is 11.2. The molecule has 1 N–H and O–H groups in total. The third kappa shape index (κ3) is 4.67. The van der Waals surface area contributed by atoms with Crippen LogP contribution < -0.4 is 0 Å². The van der Waals surface area contributed by atoms with Gasteiger partial charge in [0, 0.05) is 6.42 Å². The Bertz CT molecular complexity index is 999. The van der Waals surface area contributed by atoms with E-state index in [1.807, 2.05) is 34.6 Å². The fraction of sp³-hybridized carbons (Fsp3) is 0.943. The number of carbonyl (C=O) groups is 2. The Morgan fingerprint density at radius 2 is 1.35 bits per heavy atom. The Morgan fingerprint density at radius 3 is 1.90 bits per heavy atom. The minimum atomic E-state index is -0.555. The molecule has 0 aromatic heterocycles. The predicted octanol–water partition coefficient (Wildman–Crippen LogP) is 7.33. The molecule has 8 aliphatic rings. The molecule has 0 spiro atoms. The van der Waals surface area contributed by atoms with E-state index in [0.717, 1.165) is 68.1 Å². The molecule has 8 bridgehead atoms. The maximum atomic E-state index is 12.5. The van der Waals surface area contributed by atoms with E-state index < -0.39 is 11.0 Å². The zero-order chi connectivity index (χ0) is 28.8. The Balaban J connectivity index is 0.000000145. The second-order valence-electron chi connectivity index (χ2n) is 17.0. The van der Waals surface area contributed by atoms with Gasteiger partial charge in [-0.1, -0.05) is 20.8 Å². The predicted molar refractivity (Wildman–Crippen MR) is 155 cm³/mol. The first kappa shape index (κ1) is 29.0. The lowest BCUT2D eigenvalue weighted by molar-refractivity contribution is -0.225. The molecule has 5 nitrogen and oxygen atoms in total. The summed E-state index contributed by atoms with van der Waals surface area (Å²) < 4.78 is 12.1. The lowest BCUT2D eigenvalue weighted by atomic mass is 9.52. The number of rotatable bonds is 6. The molecule has 5 heteroatoms. The summed E-state index contributed by atoms with van der Waals surface area (Å²) in [5.41, 5.74) is -1.65. The van der Waals surface area contributed by atoms with Gasteiger partial charge < -0.3 is 14.6 Å². The van der Waals surface area contributed by atoms with Crippen molar-refractivity contribution in [2.75, 3.05) is 0 Å². The van der Waals surface area contributed by atoms with Crippen molar-refractivity contribution in [2.45, 2.75) is 143 Å². The molecule has 40 heavy (non-hydrogen) atoms. The highest BCUT2D eigenvalue weighted by Gasteiger charge is 2.66. The van der Waals surface area contributed by atoms with Gasteiger partial charge in [0.15, 0.2) is 0 Å². The van der Waals surface area contributed by atoms with Gasteiger partial charge >= 0.3 is 11.9 Å².